The third-order valence-corrected chi connectivity index (χ3v) is 9.06. The van der Waals surface area contributed by atoms with Gasteiger partial charge >= 0.3 is 0 Å². The van der Waals surface area contributed by atoms with Crippen LogP contribution in [0.4, 0.5) is 0 Å². The molecule has 2 heterocycles. The summed E-state index contributed by atoms with van der Waals surface area (Å²) in [4.78, 5) is 5.04. The van der Waals surface area contributed by atoms with E-state index >= 15 is 0 Å². The van der Waals surface area contributed by atoms with Gasteiger partial charge in [-0.15, -0.1) is 0 Å². The summed E-state index contributed by atoms with van der Waals surface area (Å²) >= 11 is 0. The number of likely N-dealkylation sites (tertiary alicyclic amines) is 2. The van der Waals surface area contributed by atoms with Crippen molar-refractivity contribution in [2.45, 2.75) is 128 Å². The summed E-state index contributed by atoms with van der Waals surface area (Å²) in [5, 5.41) is 24.9. The zero-order chi connectivity index (χ0) is 26.6. The molecule has 0 spiro atoms. The van der Waals surface area contributed by atoms with Crippen molar-refractivity contribution >= 4 is 0 Å². The summed E-state index contributed by atoms with van der Waals surface area (Å²) in [7, 11) is 0. The molecule has 2 aromatic rings. The fourth-order valence-corrected chi connectivity index (χ4v) is 8.05. The Hall–Kier alpha value is -1.72. The molecule has 0 amide bonds. The van der Waals surface area contributed by atoms with Gasteiger partial charge in [0.25, 0.3) is 0 Å². The Morgan fingerprint density at radius 3 is 1.00 bits per heavy atom. The van der Waals surface area contributed by atoms with E-state index in [4.69, 9.17) is 0 Å². The number of hydrogen-bond acceptors (Lipinski definition) is 4. The van der Waals surface area contributed by atoms with E-state index < -0.39 is 11.2 Å². The molecule has 198 valence electrons. The van der Waals surface area contributed by atoms with E-state index in [9.17, 15) is 10.2 Å². The second kappa shape index (κ2) is 8.94. The van der Waals surface area contributed by atoms with Gasteiger partial charge < -0.3 is 10.2 Å². The number of aliphatic hydroxyl groups is 2. The summed E-state index contributed by atoms with van der Waals surface area (Å²) in [5.41, 5.74) is -0.927. The van der Waals surface area contributed by atoms with Crippen LogP contribution >= 0.6 is 0 Å². The molecule has 2 aromatic carbocycles. The maximum atomic E-state index is 12.5. The van der Waals surface area contributed by atoms with Gasteiger partial charge in [0, 0.05) is 35.2 Å². The van der Waals surface area contributed by atoms with E-state index in [0.29, 0.717) is 25.7 Å². The number of nitrogens with zero attached hydrogens (tertiary/aromatic N) is 2. The van der Waals surface area contributed by atoms with Gasteiger partial charge in [-0.2, -0.15) is 0 Å². The Morgan fingerprint density at radius 2 is 0.750 bits per heavy atom. The summed E-state index contributed by atoms with van der Waals surface area (Å²) < 4.78 is 0. The first kappa shape index (κ1) is 27.3. The molecule has 4 heteroatoms. The molecule has 2 fully saturated rings. The summed E-state index contributed by atoms with van der Waals surface area (Å²) in [6.07, 6.45) is 2.16. The lowest BCUT2D eigenvalue weighted by Gasteiger charge is -2.66. The van der Waals surface area contributed by atoms with Gasteiger partial charge in [-0.05, 0) is 92.2 Å². The molecule has 2 aliphatic heterocycles. The van der Waals surface area contributed by atoms with Crippen LogP contribution in [0.25, 0.3) is 0 Å². The quantitative estimate of drug-likeness (QED) is 0.525. The minimum absolute atomic E-state index is 0.280. The van der Waals surface area contributed by atoms with Crippen LogP contribution in [0.15, 0.2) is 60.7 Å². The van der Waals surface area contributed by atoms with Crippen LogP contribution in [-0.4, -0.2) is 53.4 Å². The Kier molecular flexibility index (Phi) is 6.78. The van der Waals surface area contributed by atoms with Crippen molar-refractivity contribution in [3.8, 4) is 0 Å². The summed E-state index contributed by atoms with van der Waals surface area (Å²) in [6.45, 7) is 19.5. The van der Waals surface area contributed by atoms with E-state index in [-0.39, 0.29) is 22.2 Å². The lowest BCUT2D eigenvalue weighted by molar-refractivity contribution is -0.264. The van der Waals surface area contributed by atoms with Crippen molar-refractivity contribution in [3.63, 3.8) is 0 Å². The maximum Gasteiger partial charge on any atom is 0.0969 e. The van der Waals surface area contributed by atoms with E-state index in [0.717, 1.165) is 13.1 Å². The van der Waals surface area contributed by atoms with Crippen LogP contribution in [-0.2, 0) is 13.1 Å². The molecule has 0 radical (unpaired) electrons. The Morgan fingerprint density at radius 1 is 0.500 bits per heavy atom. The third kappa shape index (κ3) is 5.03. The Balaban J connectivity index is 1.63. The highest BCUT2D eigenvalue weighted by Gasteiger charge is 2.64. The fourth-order valence-electron chi connectivity index (χ4n) is 8.05. The zero-order valence-electron chi connectivity index (χ0n) is 23.8. The normalized spacial score (nSPS) is 26.4. The van der Waals surface area contributed by atoms with Crippen molar-refractivity contribution in [1.29, 1.82) is 0 Å². The van der Waals surface area contributed by atoms with Gasteiger partial charge in [0.1, 0.15) is 0 Å². The molecular formula is C32H48N2O2. The highest BCUT2D eigenvalue weighted by molar-refractivity contribution is 5.23. The first-order chi connectivity index (χ1) is 16.5. The predicted octanol–water partition coefficient (Wildman–Crippen LogP) is 6.16. The topological polar surface area (TPSA) is 46.9 Å². The number of piperidine rings is 2. The van der Waals surface area contributed by atoms with Crippen molar-refractivity contribution < 1.29 is 10.2 Å². The second-order valence-corrected chi connectivity index (χ2v) is 14.2. The molecule has 0 aromatic heterocycles. The molecule has 2 N–H and O–H groups in total. The molecule has 2 saturated heterocycles. The first-order valence-corrected chi connectivity index (χ1v) is 13.6. The van der Waals surface area contributed by atoms with Gasteiger partial charge in [0.15, 0.2) is 0 Å². The molecule has 4 rings (SSSR count). The fraction of sp³-hybridized carbons (Fsp3) is 0.625. The summed E-state index contributed by atoms with van der Waals surface area (Å²) in [6, 6.07) is 21.2. The van der Waals surface area contributed by atoms with Crippen LogP contribution in [0, 0.1) is 0 Å². The average molecular weight is 493 g/mol. The van der Waals surface area contributed by atoms with Crippen LogP contribution in [0.3, 0.4) is 0 Å². The molecule has 0 unspecified atom stereocenters. The second-order valence-electron chi connectivity index (χ2n) is 14.2. The largest absolute Gasteiger partial charge is 0.387 e. The van der Waals surface area contributed by atoms with Gasteiger partial charge in [-0.3, -0.25) is 9.80 Å². The third-order valence-electron chi connectivity index (χ3n) is 9.06. The zero-order valence-corrected chi connectivity index (χ0v) is 23.8. The maximum absolute atomic E-state index is 12.5. The number of hydrogen-bond donors (Lipinski definition) is 2. The van der Waals surface area contributed by atoms with Gasteiger partial charge in [-0.1, -0.05) is 60.7 Å². The minimum atomic E-state index is -1.18. The Labute approximate surface area is 219 Å². The molecule has 2 aliphatic rings. The monoisotopic (exact) mass is 492 g/mol. The van der Waals surface area contributed by atoms with Crippen molar-refractivity contribution in [1.82, 2.24) is 9.80 Å². The smallest absolute Gasteiger partial charge is 0.0969 e. The number of rotatable bonds is 5. The van der Waals surface area contributed by atoms with Crippen LogP contribution in [0.2, 0.25) is 0 Å². The van der Waals surface area contributed by atoms with Gasteiger partial charge in [0.05, 0.1) is 11.2 Å². The minimum Gasteiger partial charge on any atom is -0.387 e. The summed E-state index contributed by atoms with van der Waals surface area (Å²) in [5.74, 6) is 0. The van der Waals surface area contributed by atoms with Crippen molar-refractivity contribution in [2.75, 3.05) is 0 Å². The molecule has 0 saturated carbocycles. The van der Waals surface area contributed by atoms with E-state index in [1.54, 1.807) is 0 Å². The highest BCUT2D eigenvalue weighted by atomic mass is 16.4. The lowest BCUT2D eigenvalue weighted by Crippen LogP contribution is -2.76. The molecule has 0 atom stereocenters. The van der Waals surface area contributed by atoms with Crippen LogP contribution in [0.5, 0.6) is 0 Å². The molecule has 36 heavy (non-hydrogen) atoms. The highest BCUT2D eigenvalue weighted by Crippen LogP contribution is 2.55. The van der Waals surface area contributed by atoms with E-state index in [2.05, 4.69) is 126 Å². The van der Waals surface area contributed by atoms with E-state index in [1.807, 2.05) is 0 Å². The standard InChI is InChI=1S/C32H48N2O2/c1-27(2)21-31(35,22-28(3,4)33(27)19-25-15-11-9-12-16-25)32(36)23-29(5,6)34(30(7,8)24-32)20-26-17-13-10-14-18-26/h9-18,35-36H,19-24H2,1-8H3. The van der Waals surface area contributed by atoms with Gasteiger partial charge in [-0.25, -0.2) is 0 Å². The predicted molar refractivity (Wildman–Crippen MR) is 149 cm³/mol. The molecule has 4 nitrogen and oxygen atoms in total. The average Bonchev–Trinajstić information content (AvgIpc) is 2.73. The molecule has 0 bridgehead atoms. The Bertz CT molecular complexity index is 921. The van der Waals surface area contributed by atoms with Crippen molar-refractivity contribution in [2.24, 2.45) is 0 Å². The van der Waals surface area contributed by atoms with E-state index in [1.165, 1.54) is 11.1 Å². The first-order valence-electron chi connectivity index (χ1n) is 13.6. The molecular weight excluding hydrogens is 444 g/mol. The lowest BCUT2D eigenvalue weighted by atomic mass is 9.57. The number of benzene rings is 2. The SMILES string of the molecule is CC1(C)CC(O)(C2(O)CC(C)(C)N(Cc3ccccc3)C(C)(C)C2)CC(C)(C)N1Cc1ccccc1. The van der Waals surface area contributed by atoms with Crippen LogP contribution < -0.4 is 0 Å². The van der Waals surface area contributed by atoms with Gasteiger partial charge in [0.2, 0.25) is 0 Å². The van der Waals surface area contributed by atoms with Crippen LogP contribution in [0.1, 0.15) is 92.2 Å². The molecule has 0 aliphatic carbocycles. The van der Waals surface area contributed by atoms with Crippen molar-refractivity contribution in [3.05, 3.63) is 71.8 Å².